The van der Waals surface area contributed by atoms with Gasteiger partial charge in [0.05, 0.1) is 17.7 Å². The Morgan fingerprint density at radius 3 is 2.68 bits per heavy atom. The smallest absolute Gasteiger partial charge is 0.266 e. The third kappa shape index (κ3) is 5.28. The molecule has 0 spiro atoms. The summed E-state index contributed by atoms with van der Waals surface area (Å²) in [6.45, 7) is 5.62. The van der Waals surface area contributed by atoms with Crippen molar-refractivity contribution in [2.24, 2.45) is 0 Å². The van der Waals surface area contributed by atoms with E-state index < -0.39 is 5.91 Å². The van der Waals surface area contributed by atoms with Crippen LogP contribution in [0.15, 0.2) is 40.4 Å². The first-order valence-corrected chi connectivity index (χ1v) is 9.66. The fraction of sp³-hybridized carbons (Fsp3) is 0.238. The highest BCUT2D eigenvalue weighted by molar-refractivity contribution is 9.10. The Balaban J connectivity index is 2.36. The summed E-state index contributed by atoms with van der Waals surface area (Å²) in [5, 5.41) is 12.7. The molecule has 0 saturated heterocycles. The number of nitrogens with one attached hydrogen (secondary N) is 1. The number of hydrogen-bond donors (Lipinski definition) is 1. The van der Waals surface area contributed by atoms with Crippen molar-refractivity contribution in [3.05, 3.63) is 56.5 Å². The van der Waals surface area contributed by atoms with Crippen molar-refractivity contribution in [1.82, 2.24) is 0 Å². The highest BCUT2D eigenvalue weighted by atomic mass is 79.9. The molecule has 0 bridgehead atoms. The van der Waals surface area contributed by atoms with Gasteiger partial charge in [-0.05, 0) is 78.2 Å². The number of anilines is 1. The van der Waals surface area contributed by atoms with Crippen molar-refractivity contribution in [2.45, 2.75) is 26.9 Å². The number of rotatable bonds is 6. The van der Waals surface area contributed by atoms with Crippen LogP contribution < -0.4 is 14.8 Å². The number of carbonyl (C=O) groups is 1. The summed E-state index contributed by atoms with van der Waals surface area (Å²) in [5.74, 6) is 0.537. The van der Waals surface area contributed by atoms with Crippen LogP contribution in [0.5, 0.6) is 11.5 Å². The largest absolute Gasteiger partial charge is 0.493 e. The number of methoxy groups -OCH3 is 1. The van der Waals surface area contributed by atoms with Crippen LogP contribution in [-0.4, -0.2) is 19.1 Å². The van der Waals surface area contributed by atoms with Crippen LogP contribution in [0.2, 0.25) is 5.02 Å². The Hall–Kier alpha value is -2.49. The van der Waals surface area contributed by atoms with E-state index in [-0.39, 0.29) is 11.7 Å². The van der Waals surface area contributed by atoms with E-state index in [0.717, 1.165) is 5.56 Å². The lowest BCUT2D eigenvalue weighted by Crippen LogP contribution is -2.14. The number of ether oxygens (including phenoxy) is 2. The number of carbonyl (C=O) groups excluding carboxylic acids is 1. The van der Waals surface area contributed by atoms with E-state index in [1.807, 2.05) is 19.9 Å². The lowest BCUT2D eigenvalue weighted by Gasteiger charge is -2.16. The Morgan fingerprint density at radius 1 is 1.36 bits per heavy atom. The van der Waals surface area contributed by atoms with Crippen molar-refractivity contribution in [3.63, 3.8) is 0 Å². The summed E-state index contributed by atoms with van der Waals surface area (Å²) in [4.78, 5) is 12.6. The van der Waals surface area contributed by atoms with Crippen LogP contribution in [0.4, 0.5) is 5.69 Å². The maximum Gasteiger partial charge on any atom is 0.266 e. The lowest BCUT2D eigenvalue weighted by molar-refractivity contribution is -0.112. The second-order valence-electron chi connectivity index (χ2n) is 6.24. The van der Waals surface area contributed by atoms with Crippen molar-refractivity contribution in [3.8, 4) is 17.6 Å². The van der Waals surface area contributed by atoms with Crippen LogP contribution in [0.25, 0.3) is 6.08 Å². The topological polar surface area (TPSA) is 71.3 Å². The molecule has 28 heavy (non-hydrogen) atoms. The Morgan fingerprint density at radius 2 is 2.07 bits per heavy atom. The number of halogens is 2. The maximum atomic E-state index is 12.6. The van der Waals surface area contributed by atoms with Crippen LogP contribution in [0, 0.1) is 18.3 Å². The molecule has 0 aliphatic carbocycles. The summed E-state index contributed by atoms with van der Waals surface area (Å²) in [5.41, 5.74) is 1.85. The number of hydrogen-bond acceptors (Lipinski definition) is 4. The second-order valence-corrected chi connectivity index (χ2v) is 7.50. The van der Waals surface area contributed by atoms with Gasteiger partial charge in [-0.1, -0.05) is 17.7 Å². The zero-order chi connectivity index (χ0) is 20.8. The average Bonchev–Trinajstić information content (AvgIpc) is 2.64. The van der Waals surface area contributed by atoms with E-state index >= 15 is 0 Å². The van der Waals surface area contributed by atoms with Gasteiger partial charge in [-0.2, -0.15) is 5.26 Å². The SMILES string of the molecule is COc1cc(/C=C(\C#N)C(=O)Nc2cccc(Cl)c2C)cc(Br)c1OC(C)C. The number of nitrogens with zero attached hydrogens (tertiary/aromatic N) is 1. The molecule has 1 amide bonds. The first-order valence-electron chi connectivity index (χ1n) is 8.49. The number of benzene rings is 2. The van der Waals surface area contributed by atoms with Crippen molar-refractivity contribution in [2.75, 3.05) is 12.4 Å². The molecule has 0 radical (unpaired) electrons. The fourth-order valence-electron chi connectivity index (χ4n) is 2.42. The van der Waals surface area contributed by atoms with Gasteiger partial charge in [-0.3, -0.25) is 4.79 Å². The van der Waals surface area contributed by atoms with Gasteiger partial charge in [0.1, 0.15) is 11.6 Å². The molecule has 0 aliphatic heterocycles. The molecule has 0 aromatic heterocycles. The zero-order valence-corrected chi connectivity index (χ0v) is 18.3. The van der Waals surface area contributed by atoms with Crippen LogP contribution in [0.1, 0.15) is 25.0 Å². The number of amides is 1. The van der Waals surface area contributed by atoms with Crippen LogP contribution in [0.3, 0.4) is 0 Å². The normalized spacial score (nSPS) is 11.1. The van der Waals surface area contributed by atoms with Crippen molar-refractivity contribution < 1.29 is 14.3 Å². The van der Waals surface area contributed by atoms with E-state index in [9.17, 15) is 10.1 Å². The van der Waals surface area contributed by atoms with E-state index in [2.05, 4.69) is 21.2 Å². The molecule has 1 N–H and O–H groups in total. The Bertz CT molecular complexity index is 965. The van der Waals surface area contributed by atoms with Gasteiger partial charge in [0.15, 0.2) is 11.5 Å². The minimum absolute atomic E-state index is 0.0343. The number of nitriles is 1. The highest BCUT2D eigenvalue weighted by Crippen LogP contribution is 2.38. The van der Waals surface area contributed by atoms with Crippen molar-refractivity contribution in [1.29, 1.82) is 5.26 Å². The predicted molar refractivity (Wildman–Crippen MR) is 115 cm³/mol. The first-order chi connectivity index (χ1) is 13.3. The monoisotopic (exact) mass is 462 g/mol. The maximum absolute atomic E-state index is 12.6. The third-order valence-corrected chi connectivity index (χ3v) is 4.80. The predicted octanol–water partition coefficient (Wildman–Crippen LogP) is 5.75. The Labute approximate surface area is 178 Å². The van der Waals surface area contributed by atoms with Gasteiger partial charge in [0, 0.05) is 10.7 Å². The molecule has 0 unspecified atom stereocenters. The molecule has 2 aromatic carbocycles. The van der Waals surface area contributed by atoms with Gasteiger partial charge in [-0.15, -0.1) is 0 Å². The first kappa shape index (κ1) is 21.8. The summed E-state index contributed by atoms with van der Waals surface area (Å²) in [6.07, 6.45) is 1.45. The average molecular weight is 464 g/mol. The van der Waals surface area contributed by atoms with E-state index in [1.165, 1.54) is 13.2 Å². The molecule has 0 atom stereocenters. The van der Waals surface area contributed by atoms with Gasteiger partial charge in [0.25, 0.3) is 5.91 Å². The molecule has 0 saturated carbocycles. The summed E-state index contributed by atoms with van der Waals surface area (Å²) in [6, 6.07) is 10.6. The minimum Gasteiger partial charge on any atom is -0.493 e. The zero-order valence-electron chi connectivity index (χ0n) is 16.0. The van der Waals surface area contributed by atoms with E-state index in [1.54, 1.807) is 37.3 Å². The quantitative estimate of drug-likeness (QED) is 0.437. The molecule has 146 valence electrons. The fourth-order valence-corrected chi connectivity index (χ4v) is 3.15. The minimum atomic E-state index is -0.523. The molecule has 7 heteroatoms. The van der Waals surface area contributed by atoms with Crippen LogP contribution >= 0.6 is 27.5 Å². The van der Waals surface area contributed by atoms with Gasteiger partial charge >= 0.3 is 0 Å². The van der Waals surface area contributed by atoms with E-state index in [4.69, 9.17) is 21.1 Å². The Kier molecular flexibility index (Phi) is 7.50. The molecular formula is C21H20BrClN2O3. The molecule has 0 aliphatic rings. The molecule has 5 nitrogen and oxygen atoms in total. The standard InChI is InChI=1S/C21H20BrClN2O3/c1-12(2)28-20-16(22)9-14(10-19(20)27-4)8-15(11-24)21(26)25-18-7-5-6-17(23)13(18)3/h5-10,12H,1-4H3,(H,25,26)/b15-8+. The third-order valence-electron chi connectivity index (χ3n) is 3.80. The molecular weight excluding hydrogens is 444 g/mol. The summed E-state index contributed by atoms with van der Waals surface area (Å²) in [7, 11) is 1.53. The van der Waals surface area contributed by atoms with Gasteiger partial charge in [0.2, 0.25) is 0 Å². The van der Waals surface area contributed by atoms with Gasteiger partial charge < -0.3 is 14.8 Å². The van der Waals surface area contributed by atoms with Gasteiger partial charge in [-0.25, -0.2) is 0 Å². The summed E-state index contributed by atoms with van der Waals surface area (Å²) < 4.78 is 11.8. The van der Waals surface area contributed by atoms with Crippen LogP contribution in [-0.2, 0) is 4.79 Å². The second kappa shape index (κ2) is 9.63. The van der Waals surface area contributed by atoms with E-state index in [0.29, 0.717) is 32.2 Å². The lowest BCUT2D eigenvalue weighted by atomic mass is 10.1. The van der Waals surface area contributed by atoms with Crippen molar-refractivity contribution >= 4 is 45.2 Å². The molecule has 0 heterocycles. The highest BCUT2D eigenvalue weighted by Gasteiger charge is 2.15. The summed E-state index contributed by atoms with van der Waals surface area (Å²) >= 11 is 9.54. The molecule has 2 rings (SSSR count). The molecule has 0 fully saturated rings. The molecule has 2 aromatic rings.